The number of anilines is 3. The Morgan fingerprint density at radius 3 is 2.89 bits per heavy atom. The first-order chi connectivity index (χ1) is 13.5. The van der Waals surface area contributed by atoms with Gasteiger partial charge >= 0.3 is 0 Å². The zero-order chi connectivity index (χ0) is 19.5. The number of fused-ring (bicyclic) bond motifs is 4. The number of hydrogen-bond donors (Lipinski definition) is 3. The van der Waals surface area contributed by atoms with E-state index < -0.39 is 22.9 Å². The monoisotopic (exact) mass is 398 g/mol. The maximum atomic E-state index is 13.9. The number of pyridine rings is 1. The molecule has 2 aliphatic rings. The summed E-state index contributed by atoms with van der Waals surface area (Å²) >= 11 is 6.34. The second kappa shape index (κ2) is 5.77. The van der Waals surface area contributed by atoms with Gasteiger partial charge in [-0.25, -0.2) is 14.4 Å². The quantitative estimate of drug-likeness (QED) is 0.610. The minimum Gasteiger partial charge on any atom is -0.380 e. The van der Waals surface area contributed by atoms with Crippen LogP contribution in [0.5, 0.6) is 0 Å². The molecule has 2 aromatic heterocycles. The average molecular weight is 399 g/mol. The van der Waals surface area contributed by atoms with Crippen LogP contribution in [0.4, 0.5) is 21.6 Å². The predicted octanol–water partition coefficient (Wildman–Crippen LogP) is 2.04. The normalized spacial score (nSPS) is 19.1. The van der Waals surface area contributed by atoms with Gasteiger partial charge in [0.1, 0.15) is 29.3 Å². The van der Waals surface area contributed by atoms with Crippen LogP contribution in [0.2, 0.25) is 5.02 Å². The molecule has 1 unspecified atom stereocenters. The molecule has 10 heteroatoms. The molecule has 0 aliphatic carbocycles. The summed E-state index contributed by atoms with van der Waals surface area (Å²) in [6.45, 7) is 0.178. The summed E-state index contributed by atoms with van der Waals surface area (Å²) in [5.74, 6) is -0.584. The summed E-state index contributed by atoms with van der Waals surface area (Å²) in [5, 5.41) is 8.91. The van der Waals surface area contributed by atoms with E-state index in [1.54, 1.807) is 12.1 Å². The van der Waals surface area contributed by atoms with Crippen LogP contribution in [0.1, 0.15) is 16.1 Å². The van der Waals surface area contributed by atoms with Crippen LogP contribution in [0, 0.1) is 5.82 Å². The zero-order valence-electron chi connectivity index (χ0n) is 14.2. The molecule has 0 saturated carbocycles. The van der Waals surface area contributed by atoms with Crippen molar-refractivity contribution in [2.24, 2.45) is 0 Å². The minimum atomic E-state index is -1.27. The lowest BCUT2D eigenvalue weighted by atomic mass is 10.0. The highest BCUT2D eigenvalue weighted by molar-refractivity contribution is 6.34. The van der Waals surface area contributed by atoms with E-state index in [9.17, 15) is 14.0 Å². The van der Waals surface area contributed by atoms with Crippen molar-refractivity contribution >= 4 is 34.7 Å². The predicted molar refractivity (Wildman–Crippen MR) is 100 cm³/mol. The van der Waals surface area contributed by atoms with Crippen LogP contribution in [0.15, 0.2) is 47.7 Å². The topological polar surface area (TPSA) is 101 Å². The molecule has 8 nitrogen and oxygen atoms in total. The van der Waals surface area contributed by atoms with E-state index in [1.165, 1.54) is 35.3 Å². The number of carbonyl (C=O) groups is 1. The summed E-state index contributed by atoms with van der Waals surface area (Å²) in [5.41, 5.74) is -0.514. The second-order valence-electron chi connectivity index (χ2n) is 6.47. The maximum Gasteiger partial charge on any atom is 0.277 e. The van der Waals surface area contributed by atoms with Gasteiger partial charge in [0, 0.05) is 17.4 Å². The van der Waals surface area contributed by atoms with Crippen molar-refractivity contribution in [3.05, 3.63) is 75.3 Å². The van der Waals surface area contributed by atoms with Gasteiger partial charge in [0.25, 0.3) is 11.5 Å². The Bertz CT molecular complexity index is 1200. The Balaban J connectivity index is 1.74. The molecule has 4 heterocycles. The maximum absolute atomic E-state index is 13.9. The van der Waals surface area contributed by atoms with Crippen molar-refractivity contribution in [3.8, 4) is 0 Å². The van der Waals surface area contributed by atoms with E-state index in [0.29, 0.717) is 17.1 Å². The number of aromatic nitrogens is 3. The Morgan fingerprint density at radius 1 is 1.25 bits per heavy atom. The van der Waals surface area contributed by atoms with Crippen LogP contribution in [-0.4, -0.2) is 27.0 Å². The van der Waals surface area contributed by atoms with Gasteiger partial charge in [-0.1, -0.05) is 11.6 Å². The lowest BCUT2D eigenvalue weighted by Gasteiger charge is -2.27. The Labute approximate surface area is 162 Å². The Hall–Kier alpha value is -3.46. The lowest BCUT2D eigenvalue weighted by Crippen LogP contribution is -2.50. The zero-order valence-corrected chi connectivity index (χ0v) is 14.9. The lowest BCUT2D eigenvalue weighted by molar-refractivity contribution is 0.0941. The number of halogens is 2. The molecule has 3 aromatic rings. The molecule has 0 fully saturated rings. The molecule has 0 bridgehead atoms. The highest BCUT2D eigenvalue weighted by Crippen LogP contribution is 2.41. The fraction of sp³-hybridized carbons (Fsp3) is 0.111. The van der Waals surface area contributed by atoms with Gasteiger partial charge < -0.3 is 16.0 Å². The Morgan fingerprint density at radius 2 is 2.11 bits per heavy atom. The van der Waals surface area contributed by atoms with Crippen molar-refractivity contribution < 1.29 is 9.18 Å². The van der Waals surface area contributed by atoms with Crippen molar-refractivity contribution in [2.45, 2.75) is 5.66 Å². The number of hydrogen-bond acceptors (Lipinski definition) is 6. The first-order valence-electron chi connectivity index (χ1n) is 8.35. The van der Waals surface area contributed by atoms with Crippen molar-refractivity contribution in [1.82, 2.24) is 19.9 Å². The first-order valence-corrected chi connectivity index (χ1v) is 8.73. The average Bonchev–Trinajstić information content (AvgIpc) is 3.18. The highest BCUT2D eigenvalue weighted by atomic mass is 35.5. The number of amides is 1. The highest BCUT2D eigenvalue weighted by Gasteiger charge is 2.50. The Kier molecular flexibility index (Phi) is 3.44. The molecule has 1 amide bonds. The van der Waals surface area contributed by atoms with E-state index >= 15 is 0 Å². The number of rotatable bonds is 2. The number of nitrogens with one attached hydrogen (secondary N) is 3. The van der Waals surface area contributed by atoms with Gasteiger partial charge in [-0.15, -0.1) is 0 Å². The third kappa shape index (κ3) is 2.23. The van der Waals surface area contributed by atoms with Gasteiger partial charge in [0.2, 0.25) is 0 Å². The van der Waals surface area contributed by atoms with Gasteiger partial charge in [-0.3, -0.25) is 14.2 Å². The largest absolute Gasteiger partial charge is 0.380 e. The number of nitrogens with zero attached hydrogens (tertiary/aromatic N) is 3. The third-order valence-electron chi connectivity index (χ3n) is 4.88. The van der Waals surface area contributed by atoms with Crippen LogP contribution >= 0.6 is 11.6 Å². The standard InChI is InChI=1S/C18H12ClFN6O2/c19-11-6-13(24-14-3-4-21-8-23-14)17(28)26-15(11)16(27)25-18(26)7-22-12-2-1-9(20)5-10(12)18/h1-6,8,22H,7H2,(H,25,27)(H,21,23,24). The fourth-order valence-corrected chi connectivity index (χ4v) is 3.98. The van der Waals surface area contributed by atoms with Crippen LogP contribution in [-0.2, 0) is 5.66 Å². The first kappa shape index (κ1) is 16.7. The van der Waals surface area contributed by atoms with Gasteiger partial charge in [0.05, 0.1) is 11.6 Å². The van der Waals surface area contributed by atoms with E-state index in [1.807, 2.05) is 0 Å². The van der Waals surface area contributed by atoms with Gasteiger partial charge in [-0.05, 0) is 30.3 Å². The van der Waals surface area contributed by atoms with Crippen LogP contribution in [0.3, 0.4) is 0 Å². The molecule has 0 radical (unpaired) electrons. The van der Waals surface area contributed by atoms with Crippen LogP contribution in [0.25, 0.3) is 0 Å². The SMILES string of the molecule is O=C1NC2(CNc3ccc(F)cc32)n2c1c(Cl)cc(Nc1ccncn1)c2=O. The molecule has 1 atom stereocenters. The summed E-state index contributed by atoms with van der Waals surface area (Å²) < 4.78 is 15.2. The molecular formula is C18H12ClFN6O2. The molecule has 0 saturated heterocycles. The number of carbonyl (C=O) groups excluding carboxylic acids is 1. The van der Waals surface area contributed by atoms with Crippen LogP contribution < -0.4 is 21.5 Å². The van der Waals surface area contributed by atoms with E-state index in [4.69, 9.17) is 11.6 Å². The van der Waals surface area contributed by atoms with Crippen molar-refractivity contribution in [2.75, 3.05) is 17.2 Å². The van der Waals surface area contributed by atoms with Gasteiger partial charge in [0.15, 0.2) is 5.66 Å². The van der Waals surface area contributed by atoms with Crippen molar-refractivity contribution in [1.29, 1.82) is 0 Å². The molecule has 1 spiro atoms. The third-order valence-corrected chi connectivity index (χ3v) is 5.17. The van der Waals surface area contributed by atoms with E-state index in [-0.39, 0.29) is 22.9 Å². The molecule has 1 aromatic carbocycles. The molecule has 140 valence electrons. The molecule has 28 heavy (non-hydrogen) atoms. The molecule has 2 aliphatic heterocycles. The van der Waals surface area contributed by atoms with E-state index in [2.05, 4.69) is 25.9 Å². The summed E-state index contributed by atoms with van der Waals surface area (Å²) in [6, 6.07) is 7.15. The fourth-order valence-electron chi connectivity index (χ4n) is 3.70. The minimum absolute atomic E-state index is 0.0267. The van der Waals surface area contributed by atoms with E-state index in [0.717, 1.165) is 0 Å². The summed E-state index contributed by atoms with van der Waals surface area (Å²) in [7, 11) is 0. The second-order valence-corrected chi connectivity index (χ2v) is 6.88. The summed E-state index contributed by atoms with van der Waals surface area (Å²) in [6.07, 6.45) is 2.86. The molecule has 5 rings (SSSR count). The number of benzene rings is 1. The summed E-state index contributed by atoms with van der Waals surface area (Å²) in [4.78, 5) is 33.8. The molecule has 3 N–H and O–H groups in total. The smallest absolute Gasteiger partial charge is 0.277 e. The van der Waals surface area contributed by atoms with Gasteiger partial charge in [-0.2, -0.15) is 0 Å². The molecular weight excluding hydrogens is 387 g/mol. The van der Waals surface area contributed by atoms with Crippen molar-refractivity contribution in [3.63, 3.8) is 0 Å².